The first-order chi connectivity index (χ1) is 6.18. The summed E-state index contributed by atoms with van der Waals surface area (Å²) in [5, 5.41) is 18.1. The molecule has 1 aliphatic rings. The molecule has 0 saturated carbocycles. The number of fused-ring (bicyclic) bond motifs is 1. The van der Waals surface area contributed by atoms with Gasteiger partial charge >= 0.3 is 7.12 Å². The van der Waals surface area contributed by atoms with Gasteiger partial charge in [0.1, 0.15) is 5.75 Å². The van der Waals surface area contributed by atoms with Gasteiger partial charge in [0.25, 0.3) is 0 Å². The molecule has 0 unspecified atom stereocenters. The van der Waals surface area contributed by atoms with Crippen molar-refractivity contribution in [3.8, 4) is 5.75 Å². The Kier molecular flexibility index (Phi) is 2.32. The molecule has 1 aliphatic heterocycles. The quantitative estimate of drug-likeness (QED) is 0.686. The first kappa shape index (κ1) is 9.06. The Hall–Kier alpha value is -0.515. The van der Waals surface area contributed by atoms with Gasteiger partial charge in [-0.15, -0.1) is 0 Å². The molecule has 0 amide bonds. The summed E-state index contributed by atoms with van der Waals surface area (Å²) >= 11 is 3.31. The summed E-state index contributed by atoms with van der Waals surface area (Å²) in [4.78, 5) is 0. The number of ether oxygens (including phenoxy) is 1. The standard InChI is InChI=1S/C8H8BBrO3/c10-6-3-5-1-2-13-8(5)7(4-6)9(11)12/h3-4,11-12H,1-2H2. The largest absolute Gasteiger partial charge is 0.493 e. The lowest BCUT2D eigenvalue weighted by molar-refractivity contribution is 0.356. The number of hydrogen-bond donors (Lipinski definition) is 2. The summed E-state index contributed by atoms with van der Waals surface area (Å²) in [5.41, 5.74) is 1.46. The molecule has 0 atom stereocenters. The minimum Gasteiger partial charge on any atom is -0.493 e. The second-order valence-corrected chi connectivity index (χ2v) is 3.87. The van der Waals surface area contributed by atoms with Gasteiger partial charge in [-0.05, 0) is 17.7 Å². The van der Waals surface area contributed by atoms with Crippen molar-refractivity contribution in [2.24, 2.45) is 0 Å². The lowest BCUT2D eigenvalue weighted by Crippen LogP contribution is -2.31. The van der Waals surface area contributed by atoms with E-state index in [0.29, 0.717) is 17.8 Å². The third-order valence-corrected chi connectivity index (χ3v) is 2.51. The molecule has 13 heavy (non-hydrogen) atoms. The predicted molar refractivity (Wildman–Crippen MR) is 53.2 cm³/mol. The number of hydrogen-bond acceptors (Lipinski definition) is 3. The Morgan fingerprint density at radius 3 is 2.85 bits per heavy atom. The minimum absolute atomic E-state index is 0.432. The molecular formula is C8H8BBrO3. The van der Waals surface area contributed by atoms with Gasteiger partial charge in [0.2, 0.25) is 0 Å². The number of rotatable bonds is 1. The molecule has 2 N–H and O–H groups in total. The molecule has 0 spiro atoms. The third-order valence-electron chi connectivity index (χ3n) is 2.06. The van der Waals surface area contributed by atoms with E-state index in [9.17, 15) is 0 Å². The summed E-state index contributed by atoms with van der Waals surface area (Å²) in [7, 11) is -1.47. The molecule has 1 aromatic carbocycles. The summed E-state index contributed by atoms with van der Waals surface area (Å²) in [6.45, 7) is 0.617. The summed E-state index contributed by atoms with van der Waals surface area (Å²) < 4.78 is 6.15. The van der Waals surface area contributed by atoms with Gasteiger partial charge in [-0.1, -0.05) is 15.9 Å². The Morgan fingerprint density at radius 1 is 1.38 bits per heavy atom. The number of halogens is 1. The van der Waals surface area contributed by atoms with Crippen LogP contribution in [0.25, 0.3) is 0 Å². The lowest BCUT2D eigenvalue weighted by atomic mass is 9.79. The van der Waals surface area contributed by atoms with E-state index in [1.54, 1.807) is 6.07 Å². The zero-order chi connectivity index (χ0) is 9.42. The Balaban J connectivity index is 2.55. The first-order valence-electron chi connectivity index (χ1n) is 4.00. The van der Waals surface area contributed by atoms with Crippen LogP contribution in [0.3, 0.4) is 0 Å². The molecule has 0 radical (unpaired) electrons. The van der Waals surface area contributed by atoms with Crippen molar-refractivity contribution in [1.29, 1.82) is 0 Å². The van der Waals surface area contributed by atoms with Crippen LogP contribution >= 0.6 is 15.9 Å². The Bertz CT molecular complexity index is 340. The molecule has 0 fully saturated rings. The zero-order valence-corrected chi connectivity index (χ0v) is 8.41. The van der Waals surface area contributed by atoms with Crippen LogP contribution in [-0.4, -0.2) is 23.8 Å². The van der Waals surface area contributed by atoms with Gasteiger partial charge in [0.05, 0.1) is 6.61 Å². The molecule has 0 aromatic heterocycles. The molecule has 0 aliphatic carbocycles. The minimum atomic E-state index is -1.47. The molecule has 0 bridgehead atoms. The maximum Gasteiger partial charge on any atom is 0.492 e. The molecule has 1 heterocycles. The smallest absolute Gasteiger partial charge is 0.492 e. The van der Waals surface area contributed by atoms with E-state index in [-0.39, 0.29) is 0 Å². The van der Waals surface area contributed by atoms with Gasteiger partial charge in [-0.2, -0.15) is 0 Å². The summed E-state index contributed by atoms with van der Waals surface area (Å²) in [6.07, 6.45) is 0.828. The molecule has 1 aromatic rings. The monoisotopic (exact) mass is 242 g/mol. The summed E-state index contributed by atoms with van der Waals surface area (Å²) in [6, 6.07) is 3.60. The van der Waals surface area contributed by atoms with Crippen LogP contribution in [0.1, 0.15) is 5.56 Å². The van der Waals surface area contributed by atoms with E-state index in [4.69, 9.17) is 14.8 Å². The third kappa shape index (κ3) is 1.59. The van der Waals surface area contributed by atoms with Gasteiger partial charge in [0, 0.05) is 16.4 Å². The van der Waals surface area contributed by atoms with Crippen LogP contribution in [0, 0.1) is 0 Å². The predicted octanol–water partition coefficient (Wildman–Crippen LogP) is 0.0638. The van der Waals surface area contributed by atoms with Gasteiger partial charge in [0.15, 0.2) is 0 Å². The SMILES string of the molecule is OB(O)c1cc(Br)cc2c1OCC2. The van der Waals surface area contributed by atoms with Crippen LogP contribution in [-0.2, 0) is 6.42 Å². The highest BCUT2D eigenvalue weighted by Crippen LogP contribution is 2.26. The Morgan fingerprint density at radius 2 is 2.15 bits per heavy atom. The van der Waals surface area contributed by atoms with Crippen molar-refractivity contribution >= 4 is 28.5 Å². The van der Waals surface area contributed by atoms with Crippen LogP contribution in [0.4, 0.5) is 0 Å². The molecule has 2 rings (SSSR count). The average molecular weight is 243 g/mol. The van der Waals surface area contributed by atoms with E-state index in [1.165, 1.54) is 0 Å². The zero-order valence-electron chi connectivity index (χ0n) is 6.83. The highest BCUT2D eigenvalue weighted by molar-refractivity contribution is 9.10. The van der Waals surface area contributed by atoms with E-state index in [2.05, 4.69) is 15.9 Å². The maximum atomic E-state index is 9.07. The number of benzene rings is 1. The van der Waals surface area contributed by atoms with E-state index in [0.717, 1.165) is 16.5 Å². The van der Waals surface area contributed by atoms with E-state index in [1.807, 2.05) is 6.07 Å². The van der Waals surface area contributed by atoms with Crippen LogP contribution in [0.5, 0.6) is 5.75 Å². The van der Waals surface area contributed by atoms with Crippen molar-refractivity contribution < 1.29 is 14.8 Å². The van der Waals surface area contributed by atoms with Gasteiger partial charge in [-0.3, -0.25) is 0 Å². The van der Waals surface area contributed by atoms with Crippen LogP contribution < -0.4 is 10.2 Å². The Labute approximate surface area is 84.6 Å². The van der Waals surface area contributed by atoms with Crippen molar-refractivity contribution in [1.82, 2.24) is 0 Å². The van der Waals surface area contributed by atoms with Gasteiger partial charge in [-0.25, -0.2) is 0 Å². The van der Waals surface area contributed by atoms with Crippen LogP contribution in [0.15, 0.2) is 16.6 Å². The average Bonchev–Trinajstić information content (AvgIpc) is 2.49. The molecular weight excluding hydrogens is 235 g/mol. The highest BCUT2D eigenvalue weighted by atomic mass is 79.9. The molecule has 0 saturated heterocycles. The second kappa shape index (κ2) is 3.33. The topological polar surface area (TPSA) is 49.7 Å². The first-order valence-corrected chi connectivity index (χ1v) is 4.79. The normalized spacial score (nSPS) is 13.8. The fraction of sp³-hybridized carbons (Fsp3) is 0.250. The fourth-order valence-corrected chi connectivity index (χ4v) is 2.01. The maximum absolute atomic E-state index is 9.07. The fourth-order valence-electron chi connectivity index (χ4n) is 1.49. The van der Waals surface area contributed by atoms with Crippen LogP contribution in [0.2, 0.25) is 0 Å². The van der Waals surface area contributed by atoms with Crippen molar-refractivity contribution in [2.75, 3.05) is 6.61 Å². The summed E-state index contributed by atoms with van der Waals surface area (Å²) in [5.74, 6) is 0.623. The van der Waals surface area contributed by atoms with Gasteiger partial charge < -0.3 is 14.8 Å². The second-order valence-electron chi connectivity index (χ2n) is 2.96. The molecule has 5 heteroatoms. The molecule has 3 nitrogen and oxygen atoms in total. The molecule has 68 valence electrons. The van der Waals surface area contributed by atoms with E-state index < -0.39 is 7.12 Å². The lowest BCUT2D eigenvalue weighted by Gasteiger charge is -2.07. The van der Waals surface area contributed by atoms with Crippen molar-refractivity contribution in [3.05, 3.63) is 22.2 Å². The van der Waals surface area contributed by atoms with Crippen molar-refractivity contribution in [2.45, 2.75) is 6.42 Å². The van der Waals surface area contributed by atoms with Crippen molar-refractivity contribution in [3.63, 3.8) is 0 Å². The van der Waals surface area contributed by atoms with E-state index >= 15 is 0 Å². The highest BCUT2D eigenvalue weighted by Gasteiger charge is 2.24.